The third-order valence-electron chi connectivity index (χ3n) is 3.51. The number of likely N-dealkylation sites (tertiary alicyclic amines) is 1. The Labute approximate surface area is 116 Å². The van der Waals surface area contributed by atoms with Gasteiger partial charge in [0.25, 0.3) is 0 Å². The summed E-state index contributed by atoms with van der Waals surface area (Å²) in [6, 6.07) is 8.78. The Balaban J connectivity index is 1.97. The number of aliphatic carboxylic acids is 1. The lowest BCUT2D eigenvalue weighted by molar-refractivity contribution is -0.139. The van der Waals surface area contributed by atoms with E-state index in [1.54, 1.807) is 0 Å². The van der Waals surface area contributed by atoms with Gasteiger partial charge in [-0.1, -0.05) is 35.0 Å². The highest BCUT2D eigenvalue weighted by molar-refractivity contribution is 9.10. The topological polar surface area (TPSA) is 40.5 Å². The average Bonchev–Trinajstić information content (AvgIpc) is 2.26. The van der Waals surface area contributed by atoms with Crippen molar-refractivity contribution in [3.63, 3.8) is 0 Å². The van der Waals surface area contributed by atoms with Crippen molar-refractivity contribution in [3.05, 3.63) is 34.3 Å². The summed E-state index contributed by atoms with van der Waals surface area (Å²) in [5.74, 6) is -0.362. The van der Waals surface area contributed by atoms with E-state index < -0.39 is 5.97 Å². The number of hydrogen-bond donors (Lipinski definition) is 1. The number of rotatable bonds is 5. The fourth-order valence-corrected chi connectivity index (χ4v) is 3.08. The molecule has 1 heterocycles. The molecule has 0 aliphatic carbocycles. The molecule has 1 saturated heterocycles. The van der Waals surface area contributed by atoms with Crippen molar-refractivity contribution in [1.29, 1.82) is 0 Å². The summed E-state index contributed by atoms with van der Waals surface area (Å²) < 4.78 is 1.10. The van der Waals surface area contributed by atoms with Crippen molar-refractivity contribution < 1.29 is 9.90 Å². The fourth-order valence-electron chi connectivity index (χ4n) is 2.66. The van der Waals surface area contributed by atoms with Crippen LogP contribution in [0.5, 0.6) is 0 Å². The molecular formula is C14H18BrNO2. The standard InChI is InChI=1S/C14H18BrNO2/c1-2-13(11-4-3-5-12(15)7-11)16-8-10(9-16)6-14(17)18/h3-5,7,10,13H,2,6,8-9H2,1H3,(H,17,18). The smallest absolute Gasteiger partial charge is 0.303 e. The minimum absolute atomic E-state index is 0.297. The van der Waals surface area contributed by atoms with Crippen LogP contribution < -0.4 is 0 Å². The van der Waals surface area contributed by atoms with E-state index in [1.165, 1.54) is 5.56 Å². The van der Waals surface area contributed by atoms with Gasteiger partial charge in [-0.25, -0.2) is 0 Å². The van der Waals surface area contributed by atoms with Gasteiger partial charge in [0.2, 0.25) is 0 Å². The first-order valence-electron chi connectivity index (χ1n) is 6.31. The van der Waals surface area contributed by atoms with Gasteiger partial charge in [0.1, 0.15) is 0 Å². The highest BCUT2D eigenvalue weighted by atomic mass is 79.9. The number of carboxylic acids is 1. The predicted octanol–water partition coefficient (Wildman–Crippen LogP) is 3.31. The molecule has 3 nitrogen and oxygen atoms in total. The van der Waals surface area contributed by atoms with Gasteiger partial charge < -0.3 is 5.11 Å². The fraction of sp³-hybridized carbons (Fsp3) is 0.500. The van der Waals surface area contributed by atoms with E-state index in [4.69, 9.17) is 5.11 Å². The summed E-state index contributed by atoms with van der Waals surface area (Å²) in [7, 11) is 0. The van der Waals surface area contributed by atoms with Crippen molar-refractivity contribution in [1.82, 2.24) is 4.90 Å². The second kappa shape index (κ2) is 5.85. The van der Waals surface area contributed by atoms with E-state index in [0.717, 1.165) is 24.0 Å². The van der Waals surface area contributed by atoms with Crippen LogP contribution in [0, 0.1) is 5.92 Å². The number of carbonyl (C=O) groups is 1. The molecule has 1 aliphatic heterocycles. The summed E-state index contributed by atoms with van der Waals surface area (Å²) in [4.78, 5) is 13.0. The summed E-state index contributed by atoms with van der Waals surface area (Å²) >= 11 is 3.50. The molecule has 0 aromatic heterocycles. The van der Waals surface area contributed by atoms with Crippen LogP contribution >= 0.6 is 15.9 Å². The summed E-state index contributed by atoms with van der Waals surface area (Å²) in [5, 5.41) is 8.76. The Kier molecular flexibility index (Phi) is 4.40. The predicted molar refractivity (Wildman–Crippen MR) is 74.5 cm³/mol. The number of carboxylic acid groups (broad SMARTS) is 1. The van der Waals surface area contributed by atoms with Crippen molar-refractivity contribution >= 4 is 21.9 Å². The largest absolute Gasteiger partial charge is 0.481 e. The van der Waals surface area contributed by atoms with Gasteiger partial charge in [0, 0.05) is 23.6 Å². The zero-order valence-corrected chi connectivity index (χ0v) is 12.1. The molecule has 18 heavy (non-hydrogen) atoms. The van der Waals surface area contributed by atoms with E-state index in [2.05, 4.69) is 46.0 Å². The van der Waals surface area contributed by atoms with E-state index in [0.29, 0.717) is 18.4 Å². The van der Waals surface area contributed by atoms with Crippen LogP contribution in [0.4, 0.5) is 0 Å². The zero-order valence-electron chi connectivity index (χ0n) is 10.5. The molecular weight excluding hydrogens is 294 g/mol. The maximum absolute atomic E-state index is 10.6. The van der Waals surface area contributed by atoms with E-state index in [9.17, 15) is 4.79 Å². The van der Waals surface area contributed by atoms with Crippen LogP contribution in [0.25, 0.3) is 0 Å². The highest BCUT2D eigenvalue weighted by Crippen LogP contribution is 2.33. The maximum Gasteiger partial charge on any atom is 0.303 e. The summed E-state index contributed by atoms with van der Waals surface area (Å²) in [6.45, 7) is 3.98. The molecule has 0 radical (unpaired) electrons. The monoisotopic (exact) mass is 311 g/mol. The molecule has 0 saturated carbocycles. The van der Waals surface area contributed by atoms with Crippen molar-refractivity contribution in [2.75, 3.05) is 13.1 Å². The van der Waals surface area contributed by atoms with Gasteiger partial charge in [0.05, 0.1) is 6.42 Å². The Morgan fingerprint density at radius 1 is 1.56 bits per heavy atom. The van der Waals surface area contributed by atoms with Gasteiger partial charge in [-0.05, 0) is 30.0 Å². The lowest BCUT2D eigenvalue weighted by Gasteiger charge is -2.44. The number of benzene rings is 1. The Morgan fingerprint density at radius 3 is 2.83 bits per heavy atom. The number of nitrogens with zero attached hydrogens (tertiary/aromatic N) is 1. The van der Waals surface area contributed by atoms with Crippen LogP contribution in [-0.2, 0) is 4.79 Å². The third kappa shape index (κ3) is 3.12. The molecule has 1 N–H and O–H groups in total. The van der Waals surface area contributed by atoms with E-state index in [1.807, 2.05) is 6.07 Å². The van der Waals surface area contributed by atoms with Crippen molar-refractivity contribution in [3.8, 4) is 0 Å². The van der Waals surface area contributed by atoms with Crippen LogP contribution in [-0.4, -0.2) is 29.1 Å². The molecule has 1 atom stereocenters. The molecule has 1 aliphatic rings. The molecule has 2 rings (SSSR count). The van der Waals surface area contributed by atoms with Crippen molar-refractivity contribution in [2.45, 2.75) is 25.8 Å². The molecule has 1 aromatic rings. The maximum atomic E-state index is 10.6. The summed E-state index contributed by atoms with van der Waals surface area (Å²) in [5.41, 5.74) is 1.31. The second-order valence-electron chi connectivity index (χ2n) is 4.90. The number of hydrogen-bond acceptors (Lipinski definition) is 2. The lowest BCUT2D eigenvalue weighted by atomic mass is 9.91. The normalized spacial score (nSPS) is 18.3. The number of halogens is 1. The Morgan fingerprint density at radius 2 is 2.28 bits per heavy atom. The van der Waals surface area contributed by atoms with Gasteiger partial charge in [-0.3, -0.25) is 9.69 Å². The Hall–Kier alpha value is -0.870. The molecule has 1 unspecified atom stereocenters. The summed E-state index contributed by atoms with van der Waals surface area (Å²) in [6.07, 6.45) is 1.35. The first-order valence-corrected chi connectivity index (χ1v) is 7.10. The van der Waals surface area contributed by atoms with Crippen LogP contribution in [0.1, 0.15) is 31.4 Å². The molecule has 4 heteroatoms. The highest BCUT2D eigenvalue weighted by Gasteiger charge is 2.33. The quantitative estimate of drug-likeness (QED) is 0.907. The molecule has 0 spiro atoms. The van der Waals surface area contributed by atoms with Gasteiger partial charge in [-0.15, -0.1) is 0 Å². The van der Waals surface area contributed by atoms with Gasteiger partial charge >= 0.3 is 5.97 Å². The van der Waals surface area contributed by atoms with Crippen LogP contribution in [0.15, 0.2) is 28.7 Å². The van der Waals surface area contributed by atoms with E-state index >= 15 is 0 Å². The van der Waals surface area contributed by atoms with Crippen LogP contribution in [0.3, 0.4) is 0 Å². The first kappa shape index (κ1) is 13.6. The minimum Gasteiger partial charge on any atom is -0.481 e. The average molecular weight is 312 g/mol. The third-order valence-corrected chi connectivity index (χ3v) is 4.00. The first-order chi connectivity index (χ1) is 8.60. The van der Waals surface area contributed by atoms with Crippen LogP contribution in [0.2, 0.25) is 0 Å². The van der Waals surface area contributed by atoms with E-state index in [-0.39, 0.29) is 0 Å². The van der Waals surface area contributed by atoms with Gasteiger partial charge in [-0.2, -0.15) is 0 Å². The lowest BCUT2D eigenvalue weighted by Crippen LogP contribution is -2.49. The minimum atomic E-state index is -0.685. The zero-order chi connectivity index (χ0) is 13.1. The molecule has 1 aromatic carbocycles. The SMILES string of the molecule is CCC(c1cccc(Br)c1)N1CC(CC(=O)O)C1. The van der Waals surface area contributed by atoms with Gasteiger partial charge in [0.15, 0.2) is 0 Å². The molecule has 0 amide bonds. The molecule has 0 bridgehead atoms. The molecule has 1 fully saturated rings. The Bertz CT molecular complexity index is 430. The van der Waals surface area contributed by atoms with Crippen molar-refractivity contribution in [2.24, 2.45) is 5.92 Å². The second-order valence-corrected chi connectivity index (χ2v) is 5.81. The molecule has 98 valence electrons.